The fraction of sp³-hybridized carbons (Fsp3) is 0.750. The van der Waals surface area contributed by atoms with Crippen LogP contribution in [-0.4, -0.2) is 66.8 Å². The van der Waals surface area contributed by atoms with E-state index in [1.807, 2.05) is 0 Å². The van der Waals surface area contributed by atoms with E-state index in [9.17, 15) is 19.2 Å². The minimum absolute atomic E-state index is 0.299. The van der Waals surface area contributed by atoms with Crippen molar-refractivity contribution in [1.82, 2.24) is 0 Å². The number of carbonyl (C=O) groups is 4. The van der Waals surface area contributed by atoms with Crippen LogP contribution in [0.1, 0.15) is 34.6 Å². The highest BCUT2D eigenvalue weighted by atomic mass is 16.8. The molecule has 2 saturated heterocycles. The van der Waals surface area contributed by atoms with Crippen LogP contribution in [0.3, 0.4) is 0 Å². The highest BCUT2D eigenvalue weighted by Crippen LogP contribution is 2.41. The van der Waals surface area contributed by atoms with Crippen LogP contribution < -0.4 is 0 Å². The van der Waals surface area contributed by atoms with Crippen molar-refractivity contribution in [2.75, 3.05) is 6.61 Å². The lowest BCUT2D eigenvalue weighted by Crippen LogP contribution is -2.65. The van der Waals surface area contributed by atoms with Crippen molar-refractivity contribution in [3.63, 3.8) is 0 Å². The second-order valence-electron chi connectivity index (χ2n) is 6.36. The lowest BCUT2D eigenvalue weighted by atomic mass is 9.90. The van der Waals surface area contributed by atoms with E-state index in [1.54, 1.807) is 6.92 Å². The molecule has 0 radical (unpaired) electrons. The SMILES string of the molecule is CC(=O)OC1OC([C@]2(C)CO2)[C@@H](OC(C)=O)[C@@H](OC(C)=O)[C@@H]1OC(C)=O. The maximum Gasteiger partial charge on any atom is 0.305 e. The van der Waals surface area contributed by atoms with Crippen LogP contribution in [0.25, 0.3) is 0 Å². The van der Waals surface area contributed by atoms with Crippen molar-refractivity contribution >= 4 is 23.9 Å². The molecule has 146 valence electrons. The topological polar surface area (TPSA) is 127 Å². The van der Waals surface area contributed by atoms with Gasteiger partial charge in [0, 0.05) is 27.7 Å². The molecule has 10 nitrogen and oxygen atoms in total. The van der Waals surface area contributed by atoms with Crippen molar-refractivity contribution in [1.29, 1.82) is 0 Å². The molecular formula is C16H22O10. The quantitative estimate of drug-likeness (QED) is 0.364. The van der Waals surface area contributed by atoms with Crippen LogP contribution in [0.15, 0.2) is 0 Å². The first kappa shape index (κ1) is 20.1. The second-order valence-corrected chi connectivity index (χ2v) is 6.36. The van der Waals surface area contributed by atoms with Gasteiger partial charge >= 0.3 is 23.9 Å². The molecule has 0 aromatic carbocycles. The van der Waals surface area contributed by atoms with Gasteiger partial charge in [0.25, 0.3) is 0 Å². The molecule has 0 N–H and O–H groups in total. The van der Waals surface area contributed by atoms with E-state index in [0.717, 1.165) is 20.8 Å². The van der Waals surface area contributed by atoms with Crippen LogP contribution in [0.5, 0.6) is 0 Å². The number of rotatable bonds is 5. The number of epoxide rings is 1. The average molecular weight is 374 g/mol. The number of hydrogen-bond acceptors (Lipinski definition) is 10. The van der Waals surface area contributed by atoms with Gasteiger partial charge in [-0.3, -0.25) is 19.2 Å². The molecule has 26 heavy (non-hydrogen) atoms. The molecule has 0 amide bonds. The van der Waals surface area contributed by atoms with Crippen LogP contribution in [0.2, 0.25) is 0 Å². The van der Waals surface area contributed by atoms with Crippen LogP contribution in [-0.2, 0) is 47.6 Å². The van der Waals surface area contributed by atoms with E-state index in [4.69, 9.17) is 28.4 Å². The van der Waals surface area contributed by atoms with Gasteiger partial charge in [0.1, 0.15) is 11.7 Å². The largest absolute Gasteiger partial charge is 0.456 e. The Labute approximate surface area is 150 Å². The molecule has 0 spiro atoms. The Morgan fingerprint density at radius 3 is 1.62 bits per heavy atom. The van der Waals surface area contributed by atoms with Gasteiger partial charge in [-0.2, -0.15) is 0 Å². The zero-order valence-corrected chi connectivity index (χ0v) is 15.2. The molecule has 2 heterocycles. The van der Waals surface area contributed by atoms with Gasteiger partial charge < -0.3 is 28.4 Å². The Kier molecular flexibility index (Phi) is 5.87. The second kappa shape index (κ2) is 7.58. The highest BCUT2D eigenvalue weighted by molar-refractivity contribution is 5.69. The summed E-state index contributed by atoms with van der Waals surface area (Å²) in [6.45, 7) is 6.61. The van der Waals surface area contributed by atoms with Crippen LogP contribution in [0.4, 0.5) is 0 Å². The molecule has 2 aliphatic heterocycles. The Hall–Kier alpha value is -2.20. The maximum atomic E-state index is 11.6. The van der Waals surface area contributed by atoms with Crippen molar-refractivity contribution in [3.8, 4) is 0 Å². The monoisotopic (exact) mass is 374 g/mol. The van der Waals surface area contributed by atoms with Gasteiger partial charge in [-0.05, 0) is 6.92 Å². The predicted octanol–water partition coefficient (Wildman–Crippen LogP) is -0.142. The molecule has 0 aromatic rings. The fourth-order valence-corrected chi connectivity index (χ4v) is 2.80. The van der Waals surface area contributed by atoms with Crippen LogP contribution >= 0.6 is 0 Å². The number of carbonyl (C=O) groups excluding carboxylic acids is 4. The third kappa shape index (κ3) is 4.70. The number of hydrogen-bond donors (Lipinski definition) is 0. The first-order valence-electron chi connectivity index (χ1n) is 8.02. The standard InChI is InChI=1S/C16H22O10/c1-7(17)22-11-12(23-8(2)18)14(16(5)6-21-16)26-15(25-10(4)20)13(11)24-9(3)19/h11-15H,6H2,1-5H3/t11-,12+,13+,14?,15?,16+/m1/s1. The van der Waals surface area contributed by atoms with Crippen molar-refractivity contribution in [2.24, 2.45) is 0 Å². The summed E-state index contributed by atoms with van der Waals surface area (Å²) >= 11 is 0. The summed E-state index contributed by atoms with van der Waals surface area (Å²) in [5.74, 6) is -2.77. The molecule has 0 bridgehead atoms. The summed E-state index contributed by atoms with van der Waals surface area (Å²) in [6, 6.07) is 0. The lowest BCUT2D eigenvalue weighted by molar-refractivity contribution is -0.303. The zero-order valence-electron chi connectivity index (χ0n) is 15.2. The van der Waals surface area contributed by atoms with Gasteiger partial charge in [-0.25, -0.2) is 0 Å². The summed E-state index contributed by atoms with van der Waals surface area (Å²) in [5, 5.41) is 0. The molecular weight excluding hydrogens is 352 g/mol. The van der Waals surface area contributed by atoms with Gasteiger partial charge in [0.05, 0.1) is 6.61 Å². The van der Waals surface area contributed by atoms with Crippen LogP contribution in [0, 0.1) is 0 Å². The fourth-order valence-electron chi connectivity index (χ4n) is 2.80. The van der Waals surface area contributed by atoms with E-state index in [2.05, 4.69) is 0 Å². The van der Waals surface area contributed by atoms with Gasteiger partial charge in [-0.1, -0.05) is 0 Å². The Morgan fingerprint density at radius 2 is 1.19 bits per heavy atom. The molecule has 0 saturated carbocycles. The van der Waals surface area contributed by atoms with E-state index in [-0.39, 0.29) is 0 Å². The lowest BCUT2D eigenvalue weighted by Gasteiger charge is -2.44. The molecule has 0 aromatic heterocycles. The minimum atomic E-state index is -1.36. The zero-order chi connectivity index (χ0) is 19.6. The summed E-state index contributed by atoms with van der Waals surface area (Å²) in [6.07, 6.45) is -5.96. The van der Waals surface area contributed by atoms with Crippen molar-refractivity contribution in [2.45, 2.75) is 70.9 Å². The predicted molar refractivity (Wildman–Crippen MR) is 81.4 cm³/mol. The van der Waals surface area contributed by atoms with E-state index in [0.29, 0.717) is 6.61 Å². The minimum Gasteiger partial charge on any atom is -0.456 e. The first-order chi connectivity index (χ1) is 12.0. The van der Waals surface area contributed by atoms with E-state index >= 15 is 0 Å². The Bertz CT molecular complexity index is 596. The van der Waals surface area contributed by atoms with Gasteiger partial charge in [0.15, 0.2) is 12.2 Å². The summed E-state index contributed by atoms with van der Waals surface area (Å²) < 4.78 is 31.9. The molecule has 2 unspecified atom stereocenters. The van der Waals surface area contributed by atoms with Gasteiger partial charge in [0.2, 0.25) is 12.4 Å². The van der Waals surface area contributed by atoms with Gasteiger partial charge in [-0.15, -0.1) is 0 Å². The third-order valence-electron chi connectivity index (χ3n) is 3.88. The molecule has 2 aliphatic rings. The summed E-state index contributed by atoms with van der Waals surface area (Å²) in [7, 11) is 0. The molecule has 0 aliphatic carbocycles. The highest BCUT2D eigenvalue weighted by Gasteiger charge is 2.62. The normalized spacial score (nSPS) is 35.8. The van der Waals surface area contributed by atoms with E-state index < -0.39 is 60.2 Å². The summed E-state index contributed by atoms with van der Waals surface area (Å²) in [4.78, 5) is 46.1. The Balaban J connectivity index is 2.43. The average Bonchev–Trinajstić information content (AvgIpc) is 3.21. The smallest absolute Gasteiger partial charge is 0.305 e. The third-order valence-corrected chi connectivity index (χ3v) is 3.88. The molecule has 2 rings (SSSR count). The van der Waals surface area contributed by atoms with Crippen molar-refractivity contribution in [3.05, 3.63) is 0 Å². The molecule has 10 heteroatoms. The maximum absolute atomic E-state index is 11.6. The molecule has 6 atom stereocenters. The summed E-state index contributed by atoms with van der Waals surface area (Å²) in [5.41, 5.74) is -0.835. The number of ether oxygens (including phenoxy) is 6. The first-order valence-corrected chi connectivity index (χ1v) is 8.02. The van der Waals surface area contributed by atoms with E-state index in [1.165, 1.54) is 6.92 Å². The molecule has 2 fully saturated rings. The number of esters is 4. The van der Waals surface area contributed by atoms with Crippen molar-refractivity contribution < 1.29 is 47.6 Å². The Morgan fingerprint density at radius 1 is 0.769 bits per heavy atom.